The number of hydrogen-bond donors (Lipinski definition) is 1. The molecule has 158 valence electrons. The molecule has 0 spiro atoms. The average molecular weight is 406 g/mol. The first-order valence-electron chi connectivity index (χ1n) is 10.4. The summed E-state index contributed by atoms with van der Waals surface area (Å²) in [6, 6.07) is 11.7. The van der Waals surface area contributed by atoms with E-state index in [0.717, 1.165) is 24.0 Å². The van der Waals surface area contributed by atoms with Gasteiger partial charge in [-0.1, -0.05) is 45.9 Å². The van der Waals surface area contributed by atoms with Crippen LogP contribution in [0.5, 0.6) is 0 Å². The quantitative estimate of drug-likeness (QED) is 0.518. The van der Waals surface area contributed by atoms with Gasteiger partial charge in [-0.25, -0.2) is 4.79 Å². The van der Waals surface area contributed by atoms with Crippen LogP contribution in [0.25, 0.3) is 6.08 Å². The normalized spacial score (nSPS) is 16.7. The van der Waals surface area contributed by atoms with Gasteiger partial charge in [-0.2, -0.15) is 0 Å². The monoisotopic (exact) mass is 405 g/mol. The average Bonchev–Trinajstić information content (AvgIpc) is 2.69. The highest BCUT2D eigenvalue weighted by Crippen LogP contribution is 2.46. The SMILES string of the molecule is COC(=O)C=Cc1cccc(NC(=O)c2cc3c(cc2C)C(C)(C)CCC3(C)C)c1. The molecule has 0 fully saturated rings. The minimum atomic E-state index is -0.417. The highest BCUT2D eigenvalue weighted by molar-refractivity contribution is 6.05. The van der Waals surface area contributed by atoms with Crippen LogP contribution < -0.4 is 5.32 Å². The molecule has 0 saturated carbocycles. The molecule has 2 aromatic rings. The Kier molecular flexibility index (Phi) is 5.89. The van der Waals surface area contributed by atoms with Gasteiger partial charge in [0.15, 0.2) is 0 Å². The van der Waals surface area contributed by atoms with Crippen LogP contribution in [0, 0.1) is 6.92 Å². The summed E-state index contributed by atoms with van der Waals surface area (Å²) < 4.78 is 4.62. The van der Waals surface area contributed by atoms with Gasteiger partial charge in [0.25, 0.3) is 5.91 Å². The van der Waals surface area contributed by atoms with Crippen molar-refractivity contribution in [3.63, 3.8) is 0 Å². The molecule has 4 nitrogen and oxygen atoms in total. The number of carbonyl (C=O) groups is 2. The van der Waals surface area contributed by atoms with E-state index in [0.29, 0.717) is 11.3 Å². The summed E-state index contributed by atoms with van der Waals surface area (Å²) in [5.74, 6) is -0.539. The van der Waals surface area contributed by atoms with Crippen LogP contribution in [-0.4, -0.2) is 19.0 Å². The lowest BCUT2D eigenvalue weighted by atomic mass is 9.62. The number of rotatable bonds is 4. The molecule has 3 rings (SSSR count). The molecule has 0 atom stereocenters. The number of nitrogens with one attached hydrogen (secondary N) is 1. The fraction of sp³-hybridized carbons (Fsp3) is 0.385. The third kappa shape index (κ3) is 4.48. The molecule has 0 radical (unpaired) electrons. The molecule has 1 aliphatic carbocycles. The van der Waals surface area contributed by atoms with E-state index >= 15 is 0 Å². The molecule has 0 aromatic heterocycles. The molecule has 0 heterocycles. The Morgan fingerprint density at radius 1 is 1.00 bits per heavy atom. The Morgan fingerprint density at radius 2 is 1.63 bits per heavy atom. The van der Waals surface area contributed by atoms with Gasteiger partial charge < -0.3 is 10.1 Å². The van der Waals surface area contributed by atoms with Gasteiger partial charge in [-0.05, 0) is 77.1 Å². The maximum atomic E-state index is 13.1. The second-order valence-electron chi connectivity index (χ2n) is 9.42. The van der Waals surface area contributed by atoms with Gasteiger partial charge in [0.2, 0.25) is 0 Å². The number of fused-ring (bicyclic) bond motifs is 1. The number of anilines is 1. The minimum absolute atomic E-state index is 0.0478. The molecule has 1 N–H and O–H groups in total. The number of methoxy groups -OCH3 is 1. The smallest absolute Gasteiger partial charge is 0.330 e. The molecular formula is C26H31NO3. The van der Waals surface area contributed by atoms with E-state index in [2.05, 4.69) is 49.9 Å². The van der Waals surface area contributed by atoms with E-state index in [1.165, 1.54) is 24.3 Å². The first kappa shape index (κ1) is 21.8. The van der Waals surface area contributed by atoms with Crippen molar-refractivity contribution >= 4 is 23.6 Å². The minimum Gasteiger partial charge on any atom is -0.466 e. The molecule has 0 saturated heterocycles. The first-order valence-corrected chi connectivity index (χ1v) is 10.4. The third-order valence-electron chi connectivity index (χ3n) is 6.20. The largest absolute Gasteiger partial charge is 0.466 e. The number of benzene rings is 2. The Balaban J connectivity index is 1.90. The fourth-order valence-corrected chi connectivity index (χ4v) is 4.12. The van der Waals surface area contributed by atoms with Gasteiger partial charge in [-0.3, -0.25) is 4.79 Å². The molecule has 2 aromatic carbocycles. The van der Waals surface area contributed by atoms with Gasteiger partial charge in [0.1, 0.15) is 0 Å². The Labute approximate surface area is 179 Å². The second-order valence-corrected chi connectivity index (χ2v) is 9.42. The van der Waals surface area contributed by atoms with Crippen molar-refractivity contribution in [1.29, 1.82) is 0 Å². The number of aryl methyl sites for hydroxylation is 1. The van der Waals surface area contributed by atoms with Crippen molar-refractivity contribution in [1.82, 2.24) is 0 Å². The lowest BCUT2D eigenvalue weighted by molar-refractivity contribution is -0.134. The standard InChI is InChI=1S/C26H31NO3/c1-17-14-21-22(26(4,5)13-12-25(21,2)3)16-20(17)24(29)27-19-9-7-8-18(15-19)10-11-23(28)30-6/h7-11,14-16H,12-13H2,1-6H3,(H,27,29). The topological polar surface area (TPSA) is 55.4 Å². The van der Waals surface area contributed by atoms with Gasteiger partial charge in [0.05, 0.1) is 7.11 Å². The van der Waals surface area contributed by atoms with E-state index in [-0.39, 0.29) is 16.7 Å². The van der Waals surface area contributed by atoms with Crippen LogP contribution in [-0.2, 0) is 20.4 Å². The Morgan fingerprint density at radius 3 is 2.27 bits per heavy atom. The summed E-state index contributed by atoms with van der Waals surface area (Å²) in [6.07, 6.45) is 5.27. The second kappa shape index (κ2) is 8.10. The van der Waals surface area contributed by atoms with Crippen molar-refractivity contribution in [2.24, 2.45) is 0 Å². The molecule has 4 heteroatoms. The van der Waals surface area contributed by atoms with E-state index in [4.69, 9.17) is 0 Å². The van der Waals surface area contributed by atoms with Crippen LogP contribution in [0.2, 0.25) is 0 Å². The van der Waals surface area contributed by atoms with Crippen molar-refractivity contribution < 1.29 is 14.3 Å². The third-order valence-corrected chi connectivity index (χ3v) is 6.20. The Bertz CT molecular complexity index is 1010. The summed E-state index contributed by atoms with van der Waals surface area (Å²) in [5.41, 5.74) is 5.96. The van der Waals surface area contributed by atoms with E-state index < -0.39 is 5.97 Å². The van der Waals surface area contributed by atoms with Gasteiger partial charge >= 0.3 is 5.97 Å². The zero-order valence-electron chi connectivity index (χ0n) is 18.8. The zero-order valence-corrected chi connectivity index (χ0v) is 18.8. The lowest BCUT2D eigenvalue weighted by Gasteiger charge is -2.42. The molecule has 1 amide bonds. The lowest BCUT2D eigenvalue weighted by Crippen LogP contribution is -2.34. The number of carbonyl (C=O) groups excluding carboxylic acids is 2. The summed E-state index contributed by atoms with van der Waals surface area (Å²) in [5, 5.41) is 3.01. The Hall–Kier alpha value is -2.88. The number of esters is 1. The molecule has 0 bridgehead atoms. The summed E-state index contributed by atoms with van der Waals surface area (Å²) in [7, 11) is 1.34. The number of ether oxygens (including phenoxy) is 1. The fourth-order valence-electron chi connectivity index (χ4n) is 4.12. The van der Waals surface area contributed by atoms with Crippen LogP contribution in [0.1, 0.15) is 73.1 Å². The van der Waals surface area contributed by atoms with Gasteiger partial charge in [-0.15, -0.1) is 0 Å². The maximum absolute atomic E-state index is 13.1. The van der Waals surface area contributed by atoms with Crippen LogP contribution >= 0.6 is 0 Å². The molecule has 1 aliphatic rings. The van der Waals surface area contributed by atoms with Crippen LogP contribution in [0.3, 0.4) is 0 Å². The molecule has 30 heavy (non-hydrogen) atoms. The molecular weight excluding hydrogens is 374 g/mol. The zero-order chi connectivity index (χ0) is 22.1. The van der Waals surface area contributed by atoms with E-state index in [1.807, 2.05) is 31.2 Å². The first-order chi connectivity index (χ1) is 14.0. The predicted molar refractivity (Wildman–Crippen MR) is 122 cm³/mol. The van der Waals surface area contributed by atoms with E-state index in [9.17, 15) is 9.59 Å². The highest BCUT2D eigenvalue weighted by Gasteiger charge is 2.37. The van der Waals surface area contributed by atoms with Crippen LogP contribution in [0.15, 0.2) is 42.5 Å². The maximum Gasteiger partial charge on any atom is 0.330 e. The van der Waals surface area contributed by atoms with E-state index in [1.54, 1.807) is 6.08 Å². The summed E-state index contributed by atoms with van der Waals surface area (Å²) in [6.45, 7) is 11.1. The van der Waals surface area contributed by atoms with Crippen molar-refractivity contribution in [3.05, 3.63) is 70.3 Å². The van der Waals surface area contributed by atoms with Crippen LogP contribution in [0.4, 0.5) is 5.69 Å². The highest BCUT2D eigenvalue weighted by atomic mass is 16.5. The summed E-state index contributed by atoms with van der Waals surface area (Å²) >= 11 is 0. The van der Waals surface area contributed by atoms with Crippen molar-refractivity contribution in [3.8, 4) is 0 Å². The van der Waals surface area contributed by atoms with Crippen molar-refractivity contribution in [2.45, 2.75) is 58.3 Å². The number of amides is 1. The summed E-state index contributed by atoms with van der Waals surface area (Å²) in [4.78, 5) is 24.4. The molecule has 0 aliphatic heterocycles. The molecule has 0 unspecified atom stereocenters. The van der Waals surface area contributed by atoms with Crippen molar-refractivity contribution in [2.75, 3.05) is 12.4 Å². The number of hydrogen-bond acceptors (Lipinski definition) is 3. The van der Waals surface area contributed by atoms with Gasteiger partial charge in [0, 0.05) is 17.3 Å². The predicted octanol–water partition coefficient (Wildman–Crippen LogP) is 5.78.